The smallest absolute Gasteiger partial charge is 0.384 e. The average molecular weight is 303 g/mol. The lowest BCUT2D eigenvalue weighted by molar-refractivity contribution is -0.120. The number of anilines is 1. The number of nitrogen functional groups attached to an aromatic ring is 1. The van der Waals surface area contributed by atoms with Gasteiger partial charge in [-0.25, -0.2) is 0 Å². The van der Waals surface area contributed by atoms with Gasteiger partial charge in [-0.2, -0.15) is 13.2 Å². The third-order valence-corrected chi connectivity index (χ3v) is 3.92. The van der Waals surface area contributed by atoms with E-state index in [4.69, 9.17) is 11.1 Å². The number of alkyl halides is 3. The van der Waals surface area contributed by atoms with Gasteiger partial charge in [-0.15, -0.1) is 11.8 Å². The van der Waals surface area contributed by atoms with Crippen LogP contribution in [-0.4, -0.2) is 30.9 Å². The molecular weight excluding hydrogens is 287 g/mol. The summed E-state index contributed by atoms with van der Waals surface area (Å²) in [6.45, 7) is -1.00. The first kappa shape index (κ1) is 15.0. The number of thioether (sulfide) groups is 1. The molecule has 1 aliphatic carbocycles. The van der Waals surface area contributed by atoms with E-state index in [-0.39, 0.29) is 11.9 Å². The van der Waals surface area contributed by atoms with Gasteiger partial charge in [0.25, 0.3) is 0 Å². The molecule has 2 rings (SSSR count). The van der Waals surface area contributed by atoms with Crippen LogP contribution in [0.25, 0.3) is 0 Å². The zero-order valence-corrected chi connectivity index (χ0v) is 11.8. The molecule has 3 nitrogen and oxygen atoms in total. The van der Waals surface area contributed by atoms with Crippen molar-refractivity contribution in [3.8, 4) is 0 Å². The van der Waals surface area contributed by atoms with Crippen LogP contribution in [0, 0.1) is 5.41 Å². The van der Waals surface area contributed by atoms with Crippen LogP contribution in [0.15, 0.2) is 23.1 Å². The number of hydrogen-bond donors (Lipinski definition) is 2. The van der Waals surface area contributed by atoms with E-state index in [9.17, 15) is 13.2 Å². The average Bonchev–Trinajstić information content (AvgIpc) is 3.18. The lowest BCUT2D eigenvalue weighted by atomic mass is 10.1. The van der Waals surface area contributed by atoms with Crippen LogP contribution in [-0.2, 0) is 0 Å². The van der Waals surface area contributed by atoms with Gasteiger partial charge >= 0.3 is 6.18 Å². The van der Waals surface area contributed by atoms with Crippen LogP contribution in [0.3, 0.4) is 0 Å². The molecule has 0 heterocycles. The first-order chi connectivity index (χ1) is 9.33. The highest BCUT2D eigenvalue weighted by molar-refractivity contribution is 7.98. The summed E-state index contributed by atoms with van der Waals surface area (Å²) in [6, 6.07) is 4.98. The second kappa shape index (κ2) is 5.55. The molecule has 1 fully saturated rings. The topological polar surface area (TPSA) is 53.1 Å². The lowest BCUT2D eigenvalue weighted by Gasteiger charge is -2.28. The van der Waals surface area contributed by atoms with Gasteiger partial charge < -0.3 is 10.6 Å². The van der Waals surface area contributed by atoms with Gasteiger partial charge in [-0.3, -0.25) is 5.41 Å². The fourth-order valence-corrected chi connectivity index (χ4v) is 2.82. The Kier molecular flexibility index (Phi) is 4.17. The highest BCUT2D eigenvalue weighted by Crippen LogP contribution is 2.38. The largest absolute Gasteiger partial charge is 0.405 e. The van der Waals surface area contributed by atoms with Gasteiger partial charge in [-0.05, 0) is 31.2 Å². The third kappa shape index (κ3) is 3.39. The fraction of sp³-hybridized carbons (Fsp3) is 0.462. The van der Waals surface area contributed by atoms with E-state index < -0.39 is 12.7 Å². The van der Waals surface area contributed by atoms with Gasteiger partial charge in [0.15, 0.2) is 0 Å². The Morgan fingerprint density at radius 3 is 2.55 bits per heavy atom. The first-order valence-electron chi connectivity index (χ1n) is 6.18. The molecule has 0 aromatic heterocycles. The van der Waals surface area contributed by atoms with E-state index >= 15 is 0 Å². The van der Waals surface area contributed by atoms with Gasteiger partial charge in [0, 0.05) is 16.6 Å². The van der Waals surface area contributed by atoms with Gasteiger partial charge in [0.05, 0.1) is 5.56 Å². The molecule has 1 aliphatic rings. The molecule has 3 N–H and O–H groups in total. The number of rotatable bonds is 5. The maximum Gasteiger partial charge on any atom is 0.405 e. The molecule has 0 atom stereocenters. The van der Waals surface area contributed by atoms with E-state index in [0.29, 0.717) is 11.3 Å². The zero-order chi connectivity index (χ0) is 14.9. The summed E-state index contributed by atoms with van der Waals surface area (Å²) in [7, 11) is 0. The highest BCUT2D eigenvalue weighted by atomic mass is 32.2. The number of halogens is 3. The van der Waals surface area contributed by atoms with Gasteiger partial charge in [0.2, 0.25) is 0 Å². The van der Waals surface area contributed by atoms with Crippen molar-refractivity contribution >= 4 is 23.3 Å². The summed E-state index contributed by atoms with van der Waals surface area (Å²) < 4.78 is 38.3. The Labute approximate surface area is 119 Å². The molecule has 1 aromatic rings. The molecule has 1 saturated carbocycles. The van der Waals surface area contributed by atoms with Crippen molar-refractivity contribution in [2.24, 2.45) is 5.73 Å². The summed E-state index contributed by atoms with van der Waals surface area (Å²) in [4.78, 5) is 2.05. The van der Waals surface area contributed by atoms with Crippen molar-refractivity contribution in [2.75, 3.05) is 17.7 Å². The zero-order valence-electron chi connectivity index (χ0n) is 11.0. The standard InChI is InChI=1S/C13H16F3N3S/c1-20-10-4-2-3-9(11(10)12(17)18)19(8-5-6-8)7-13(14,15)16/h2-4,8H,5-7H2,1H3,(H3,17,18). The summed E-state index contributed by atoms with van der Waals surface area (Å²) in [6.07, 6.45) is -0.962. The number of amidine groups is 1. The van der Waals surface area contributed by atoms with Crippen LogP contribution in [0.4, 0.5) is 18.9 Å². The lowest BCUT2D eigenvalue weighted by Crippen LogP contribution is -2.37. The van der Waals surface area contributed by atoms with E-state index in [2.05, 4.69) is 0 Å². The predicted molar refractivity (Wildman–Crippen MR) is 75.7 cm³/mol. The van der Waals surface area contributed by atoms with Crippen molar-refractivity contribution in [3.63, 3.8) is 0 Å². The van der Waals surface area contributed by atoms with Crippen molar-refractivity contribution in [2.45, 2.75) is 30.0 Å². The SMILES string of the molecule is CSc1cccc(N(CC(F)(F)F)C2CC2)c1C(=N)N. The summed E-state index contributed by atoms with van der Waals surface area (Å²) in [5, 5.41) is 7.66. The first-order valence-corrected chi connectivity index (χ1v) is 7.40. The second-order valence-electron chi connectivity index (χ2n) is 4.74. The summed E-state index contributed by atoms with van der Waals surface area (Å²) in [5.41, 5.74) is 6.38. The highest BCUT2D eigenvalue weighted by Gasteiger charge is 2.39. The Hall–Kier alpha value is -1.37. The molecule has 0 radical (unpaired) electrons. The van der Waals surface area contributed by atoms with Crippen LogP contribution in [0.5, 0.6) is 0 Å². The minimum Gasteiger partial charge on any atom is -0.384 e. The van der Waals surface area contributed by atoms with E-state index in [1.54, 1.807) is 18.2 Å². The minimum absolute atomic E-state index is 0.105. The van der Waals surface area contributed by atoms with Crippen molar-refractivity contribution in [1.82, 2.24) is 0 Å². The molecule has 0 bridgehead atoms. The van der Waals surface area contributed by atoms with Crippen LogP contribution in [0.2, 0.25) is 0 Å². The summed E-state index contributed by atoms with van der Waals surface area (Å²) >= 11 is 1.38. The van der Waals surface area contributed by atoms with Crippen molar-refractivity contribution < 1.29 is 13.2 Å². The normalized spacial score (nSPS) is 15.2. The number of nitrogens with one attached hydrogen (secondary N) is 1. The molecule has 110 valence electrons. The van der Waals surface area contributed by atoms with Crippen LogP contribution >= 0.6 is 11.8 Å². The van der Waals surface area contributed by atoms with Gasteiger partial charge in [0.1, 0.15) is 12.4 Å². The minimum atomic E-state index is -4.27. The quantitative estimate of drug-likeness (QED) is 0.499. The Balaban J connectivity index is 2.45. The number of hydrogen-bond acceptors (Lipinski definition) is 3. The van der Waals surface area contributed by atoms with E-state index in [1.165, 1.54) is 16.7 Å². The molecule has 0 amide bonds. The monoisotopic (exact) mass is 303 g/mol. The maximum atomic E-state index is 12.8. The molecule has 1 aromatic carbocycles. The third-order valence-electron chi connectivity index (χ3n) is 3.14. The number of benzene rings is 1. The molecule has 0 unspecified atom stereocenters. The van der Waals surface area contributed by atoms with Crippen molar-refractivity contribution in [3.05, 3.63) is 23.8 Å². The summed E-state index contributed by atoms with van der Waals surface area (Å²) in [5.74, 6) is -0.197. The second-order valence-corrected chi connectivity index (χ2v) is 5.59. The molecular formula is C13H16F3N3S. The molecule has 7 heteroatoms. The van der Waals surface area contributed by atoms with E-state index in [0.717, 1.165) is 17.7 Å². The maximum absolute atomic E-state index is 12.8. The predicted octanol–water partition coefficient (Wildman–Crippen LogP) is 3.22. The molecule has 20 heavy (non-hydrogen) atoms. The Morgan fingerprint density at radius 1 is 1.45 bits per heavy atom. The number of nitrogens with zero attached hydrogens (tertiary/aromatic N) is 1. The van der Waals surface area contributed by atoms with Crippen molar-refractivity contribution in [1.29, 1.82) is 5.41 Å². The van der Waals surface area contributed by atoms with Crippen LogP contribution < -0.4 is 10.6 Å². The molecule has 0 aliphatic heterocycles. The van der Waals surface area contributed by atoms with Gasteiger partial charge in [-0.1, -0.05) is 6.07 Å². The molecule has 0 spiro atoms. The Morgan fingerprint density at radius 2 is 2.10 bits per heavy atom. The van der Waals surface area contributed by atoms with Crippen LogP contribution in [0.1, 0.15) is 18.4 Å². The van der Waals surface area contributed by atoms with E-state index in [1.807, 2.05) is 6.26 Å². The molecule has 0 saturated heterocycles. The number of nitrogens with two attached hydrogens (primary N) is 1. The fourth-order valence-electron chi connectivity index (χ4n) is 2.19. The Bertz CT molecular complexity index is 512.